The number of sulfonamides is 1. The Balaban J connectivity index is 1.31. The molecule has 10 heteroatoms. The molecule has 8 nitrogen and oxygen atoms in total. The van der Waals surface area contributed by atoms with Crippen LogP contribution in [0.3, 0.4) is 0 Å². The van der Waals surface area contributed by atoms with Gasteiger partial charge < -0.3 is 4.90 Å². The number of nitrogens with zero attached hydrogens (tertiary/aromatic N) is 3. The lowest BCUT2D eigenvalue weighted by atomic mass is 10.1. The van der Waals surface area contributed by atoms with E-state index in [1.165, 1.54) is 15.6 Å². The van der Waals surface area contributed by atoms with Crippen molar-refractivity contribution in [1.29, 1.82) is 0 Å². The van der Waals surface area contributed by atoms with Crippen LogP contribution >= 0.6 is 11.3 Å². The number of benzene rings is 2. The number of carbonyl (C=O) groups is 2. The van der Waals surface area contributed by atoms with Gasteiger partial charge in [0.1, 0.15) is 0 Å². The van der Waals surface area contributed by atoms with Crippen molar-refractivity contribution in [2.24, 2.45) is 0 Å². The summed E-state index contributed by atoms with van der Waals surface area (Å²) in [5.41, 5.74) is 1.89. The number of hydrogen-bond acceptors (Lipinski definition) is 6. The summed E-state index contributed by atoms with van der Waals surface area (Å²) >= 11 is 1.24. The number of fused-ring (bicyclic) bond motifs is 1. The van der Waals surface area contributed by atoms with Gasteiger partial charge in [0, 0.05) is 37.3 Å². The Morgan fingerprint density at radius 2 is 1.70 bits per heavy atom. The highest BCUT2D eigenvalue weighted by molar-refractivity contribution is 7.89. The van der Waals surface area contributed by atoms with E-state index in [-0.39, 0.29) is 16.7 Å². The summed E-state index contributed by atoms with van der Waals surface area (Å²) in [4.78, 5) is 31.2. The highest BCUT2D eigenvalue weighted by Gasteiger charge is 2.27. The molecule has 33 heavy (non-hydrogen) atoms. The fourth-order valence-corrected chi connectivity index (χ4v) is 6.76. The Morgan fingerprint density at radius 3 is 2.42 bits per heavy atom. The highest BCUT2D eigenvalue weighted by atomic mass is 32.2. The Labute approximate surface area is 196 Å². The summed E-state index contributed by atoms with van der Waals surface area (Å²) < 4.78 is 27.9. The Hall–Kier alpha value is -2.82. The number of anilines is 2. The molecule has 3 aromatic rings. The third-order valence-electron chi connectivity index (χ3n) is 6.05. The van der Waals surface area contributed by atoms with Crippen LogP contribution in [-0.2, 0) is 14.8 Å². The van der Waals surface area contributed by atoms with Crippen LogP contribution < -0.4 is 10.2 Å². The molecular formula is C23H24N4O4S2. The summed E-state index contributed by atoms with van der Waals surface area (Å²) in [6.07, 6.45) is 4.22. The first-order valence-corrected chi connectivity index (χ1v) is 13.3. The minimum Gasteiger partial charge on any atom is -0.312 e. The van der Waals surface area contributed by atoms with E-state index < -0.39 is 10.0 Å². The van der Waals surface area contributed by atoms with Gasteiger partial charge in [0.25, 0.3) is 5.91 Å². The van der Waals surface area contributed by atoms with Crippen LogP contribution in [-0.4, -0.2) is 49.2 Å². The van der Waals surface area contributed by atoms with E-state index in [9.17, 15) is 18.0 Å². The SMILES string of the molecule is O=C(Nc1nc2ccc(S(=O)(=O)N3CCCC3)cc2s1)c1ccc(N2CCCCC2=O)cc1. The zero-order chi connectivity index (χ0) is 23.0. The number of aromatic nitrogens is 1. The molecule has 2 aromatic carbocycles. The van der Waals surface area contributed by atoms with E-state index in [1.54, 1.807) is 47.4 Å². The normalized spacial score (nSPS) is 17.6. The zero-order valence-corrected chi connectivity index (χ0v) is 19.6. The average molecular weight is 485 g/mol. The molecule has 2 fully saturated rings. The van der Waals surface area contributed by atoms with Crippen molar-refractivity contribution in [2.75, 3.05) is 29.9 Å². The second-order valence-corrected chi connectivity index (χ2v) is 11.2. The van der Waals surface area contributed by atoms with Crippen molar-refractivity contribution < 1.29 is 18.0 Å². The summed E-state index contributed by atoms with van der Waals surface area (Å²) in [5.74, 6) is -0.200. The first-order valence-electron chi connectivity index (χ1n) is 11.0. The first kappa shape index (κ1) is 22.0. The third-order valence-corrected chi connectivity index (χ3v) is 8.88. The van der Waals surface area contributed by atoms with E-state index in [1.807, 2.05) is 0 Å². The fraction of sp³-hybridized carbons (Fsp3) is 0.348. The van der Waals surface area contributed by atoms with Gasteiger partial charge in [-0.1, -0.05) is 11.3 Å². The largest absolute Gasteiger partial charge is 0.312 e. The van der Waals surface area contributed by atoms with Crippen molar-refractivity contribution in [1.82, 2.24) is 9.29 Å². The van der Waals surface area contributed by atoms with Gasteiger partial charge in [0.2, 0.25) is 15.9 Å². The van der Waals surface area contributed by atoms with Crippen LogP contribution in [0.25, 0.3) is 10.2 Å². The summed E-state index contributed by atoms with van der Waals surface area (Å²) in [6.45, 7) is 1.80. The van der Waals surface area contributed by atoms with Gasteiger partial charge in [0.15, 0.2) is 5.13 Å². The molecule has 2 amide bonds. The van der Waals surface area contributed by atoms with Gasteiger partial charge in [0.05, 0.1) is 15.1 Å². The van der Waals surface area contributed by atoms with E-state index in [4.69, 9.17) is 0 Å². The van der Waals surface area contributed by atoms with Crippen molar-refractivity contribution in [3.8, 4) is 0 Å². The van der Waals surface area contributed by atoms with Crippen LogP contribution in [0.1, 0.15) is 42.5 Å². The molecule has 0 bridgehead atoms. The van der Waals surface area contributed by atoms with Gasteiger partial charge in [-0.25, -0.2) is 13.4 Å². The Bertz CT molecular complexity index is 1310. The molecule has 0 radical (unpaired) electrons. The molecule has 0 unspecified atom stereocenters. The topological polar surface area (TPSA) is 99.7 Å². The maximum Gasteiger partial charge on any atom is 0.257 e. The summed E-state index contributed by atoms with van der Waals surface area (Å²) in [6, 6.07) is 11.8. The van der Waals surface area contributed by atoms with Crippen molar-refractivity contribution in [3.63, 3.8) is 0 Å². The van der Waals surface area contributed by atoms with Gasteiger partial charge in [-0.05, 0) is 68.1 Å². The fourth-order valence-electron chi connectivity index (χ4n) is 4.24. The molecular weight excluding hydrogens is 460 g/mol. The molecule has 1 N–H and O–H groups in total. The average Bonchev–Trinajstić information content (AvgIpc) is 3.49. The number of rotatable bonds is 5. The van der Waals surface area contributed by atoms with Crippen molar-refractivity contribution in [3.05, 3.63) is 48.0 Å². The summed E-state index contributed by atoms with van der Waals surface area (Å²) in [7, 11) is -3.51. The summed E-state index contributed by atoms with van der Waals surface area (Å²) in [5, 5.41) is 3.20. The number of piperidine rings is 1. The molecule has 3 heterocycles. The van der Waals surface area contributed by atoms with E-state index in [0.29, 0.717) is 47.0 Å². The van der Waals surface area contributed by atoms with E-state index in [2.05, 4.69) is 10.3 Å². The van der Waals surface area contributed by atoms with Gasteiger partial charge in [-0.15, -0.1) is 0 Å². The first-order chi connectivity index (χ1) is 15.9. The van der Waals surface area contributed by atoms with Gasteiger partial charge in [-0.3, -0.25) is 14.9 Å². The van der Waals surface area contributed by atoms with E-state index in [0.717, 1.165) is 31.4 Å². The lowest BCUT2D eigenvalue weighted by molar-refractivity contribution is -0.119. The lowest BCUT2D eigenvalue weighted by Gasteiger charge is -2.26. The minimum atomic E-state index is -3.51. The molecule has 2 aliphatic heterocycles. The van der Waals surface area contributed by atoms with Crippen molar-refractivity contribution in [2.45, 2.75) is 37.0 Å². The van der Waals surface area contributed by atoms with E-state index >= 15 is 0 Å². The molecule has 2 saturated heterocycles. The van der Waals surface area contributed by atoms with Gasteiger partial charge >= 0.3 is 0 Å². The van der Waals surface area contributed by atoms with Crippen LogP contribution in [0.2, 0.25) is 0 Å². The second kappa shape index (κ2) is 8.85. The molecule has 0 atom stereocenters. The van der Waals surface area contributed by atoms with Gasteiger partial charge in [-0.2, -0.15) is 4.31 Å². The minimum absolute atomic E-state index is 0.110. The predicted octanol–water partition coefficient (Wildman–Crippen LogP) is 3.85. The zero-order valence-electron chi connectivity index (χ0n) is 18.0. The lowest BCUT2D eigenvalue weighted by Crippen LogP contribution is -2.35. The molecule has 5 rings (SSSR count). The monoisotopic (exact) mass is 484 g/mol. The van der Waals surface area contributed by atoms with Crippen LogP contribution in [0.5, 0.6) is 0 Å². The highest BCUT2D eigenvalue weighted by Crippen LogP contribution is 2.30. The molecule has 0 spiro atoms. The molecule has 0 saturated carbocycles. The van der Waals surface area contributed by atoms with Crippen LogP contribution in [0.15, 0.2) is 47.4 Å². The number of thiazole rings is 1. The maximum absolute atomic E-state index is 12.8. The smallest absolute Gasteiger partial charge is 0.257 e. The quantitative estimate of drug-likeness (QED) is 0.593. The molecule has 0 aliphatic carbocycles. The molecule has 1 aromatic heterocycles. The van der Waals surface area contributed by atoms with Crippen LogP contribution in [0, 0.1) is 0 Å². The Morgan fingerprint density at radius 1 is 0.970 bits per heavy atom. The van der Waals surface area contributed by atoms with Crippen LogP contribution in [0.4, 0.5) is 10.8 Å². The molecule has 172 valence electrons. The molecule has 2 aliphatic rings. The second-order valence-electron chi connectivity index (χ2n) is 8.26. The number of amides is 2. The Kier molecular flexibility index (Phi) is 5.90. The van der Waals surface area contributed by atoms with Crippen molar-refractivity contribution >= 4 is 54.2 Å². The number of carbonyl (C=O) groups excluding carboxylic acids is 2. The third kappa shape index (κ3) is 4.38. The number of hydrogen-bond donors (Lipinski definition) is 1. The number of nitrogens with one attached hydrogen (secondary N) is 1. The standard InChI is InChI=1S/C23H24N4O4S2/c28-21-5-1-2-14-27(21)17-8-6-16(7-9-17)22(29)25-23-24-19-11-10-18(15-20(19)32-23)33(30,31)26-12-3-4-13-26/h6-11,15H,1-5,12-14H2,(H,24,25,29). The maximum atomic E-state index is 12.8. The predicted molar refractivity (Wildman–Crippen MR) is 128 cm³/mol.